The average molecular weight is 323 g/mol. The summed E-state index contributed by atoms with van der Waals surface area (Å²) >= 11 is 0. The summed E-state index contributed by atoms with van der Waals surface area (Å²) in [6.45, 7) is 6.25. The van der Waals surface area contributed by atoms with Gasteiger partial charge in [0.2, 0.25) is 0 Å². The highest BCUT2D eigenvalue weighted by molar-refractivity contribution is 5.79. The summed E-state index contributed by atoms with van der Waals surface area (Å²) in [4.78, 5) is 4.58. The molecule has 1 aromatic carbocycles. The van der Waals surface area contributed by atoms with Crippen molar-refractivity contribution < 1.29 is 14.2 Å². The van der Waals surface area contributed by atoms with Crippen molar-refractivity contribution in [2.75, 3.05) is 47.1 Å². The number of guanidine groups is 1. The Morgan fingerprint density at radius 1 is 1.00 bits per heavy atom. The highest BCUT2D eigenvalue weighted by Gasteiger charge is 1.98. The van der Waals surface area contributed by atoms with E-state index in [1.807, 2.05) is 24.3 Å². The second-order valence-corrected chi connectivity index (χ2v) is 4.95. The molecule has 0 unspecified atom stereocenters. The number of nitrogens with zero attached hydrogens (tertiary/aromatic N) is 1. The number of hydrogen-bond donors (Lipinski definition) is 2. The summed E-state index contributed by atoms with van der Waals surface area (Å²) in [5.41, 5.74) is 1.14. The van der Waals surface area contributed by atoms with Crippen LogP contribution in [0.4, 0.5) is 0 Å². The first-order valence-corrected chi connectivity index (χ1v) is 8.02. The fraction of sp³-hybridized carbons (Fsp3) is 0.588. The first-order chi connectivity index (χ1) is 11.3. The standard InChI is InChI=1S/C17H29N3O3/c1-4-18-17(19-10-5-11-21-2)20-14-15-6-8-16(9-7-15)23-13-12-22-3/h6-9H,4-5,10-14H2,1-3H3,(H2,18,19,20). The van der Waals surface area contributed by atoms with Gasteiger partial charge in [0.25, 0.3) is 0 Å². The van der Waals surface area contributed by atoms with E-state index in [9.17, 15) is 0 Å². The van der Waals surface area contributed by atoms with Crippen molar-refractivity contribution in [2.45, 2.75) is 19.9 Å². The van der Waals surface area contributed by atoms with Gasteiger partial charge in [0.15, 0.2) is 5.96 Å². The second kappa shape index (κ2) is 12.7. The maximum Gasteiger partial charge on any atom is 0.191 e. The van der Waals surface area contributed by atoms with E-state index in [1.54, 1.807) is 14.2 Å². The minimum absolute atomic E-state index is 0.559. The second-order valence-electron chi connectivity index (χ2n) is 4.95. The summed E-state index contributed by atoms with van der Waals surface area (Å²) in [6, 6.07) is 7.97. The van der Waals surface area contributed by atoms with Crippen LogP contribution in [0.3, 0.4) is 0 Å². The van der Waals surface area contributed by atoms with Gasteiger partial charge in [-0.15, -0.1) is 0 Å². The van der Waals surface area contributed by atoms with E-state index in [4.69, 9.17) is 14.2 Å². The Hall–Kier alpha value is -1.79. The Bertz CT molecular complexity index is 435. The Morgan fingerprint density at radius 2 is 1.74 bits per heavy atom. The van der Waals surface area contributed by atoms with Crippen LogP contribution in [0.2, 0.25) is 0 Å². The molecule has 0 atom stereocenters. The lowest BCUT2D eigenvalue weighted by Crippen LogP contribution is -2.38. The summed E-state index contributed by atoms with van der Waals surface area (Å²) in [5.74, 6) is 1.67. The van der Waals surface area contributed by atoms with Gasteiger partial charge in [0, 0.05) is 33.9 Å². The lowest BCUT2D eigenvalue weighted by molar-refractivity contribution is 0.146. The van der Waals surface area contributed by atoms with E-state index in [-0.39, 0.29) is 0 Å². The number of rotatable bonds is 11. The minimum Gasteiger partial charge on any atom is -0.491 e. The Labute approximate surface area is 139 Å². The molecule has 0 spiro atoms. The highest BCUT2D eigenvalue weighted by atomic mass is 16.5. The van der Waals surface area contributed by atoms with E-state index in [0.717, 1.165) is 43.4 Å². The molecule has 0 bridgehead atoms. The molecule has 0 saturated heterocycles. The van der Waals surface area contributed by atoms with Gasteiger partial charge in [-0.2, -0.15) is 0 Å². The molecule has 0 saturated carbocycles. The van der Waals surface area contributed by atoms with Gasteiger partial charge in [-0.3, -0.25) is 0 Å². The van der Waals surface area contributed by atoms with Crippen molar-refractivity contribution in [3.63, 3.8) is 0 Å². The normalized spacial score (nSPS) is 11.3. The molecule has 0 aliphatic heterocycles. The first kappa shape index (κ1) is 19.3. The molecule has 1 aromatic rings. The summed E-state index contributed by atoms with van der Waals surface area (Å²) < 4.78 is 15.5. The van der Waals surface area contributed by atoms with Gasteiger partial charge in [0.05, 0.1) is 13.2 Å². The molecule has 23 heavy (non-hydrogen) atoms. The fourth-order valence-corrected chi connectivity index (χ4v) is 1.87. The third-order valence-corrected chi connectivity index (χ3v) is 3.06. The molecule has 0 fully saturated rings. The largest absolute Gasteiger partial charge is 0.491 e. The topological polar surface area (TPSA) is 64.1 Å². The van der Waals surface area contributed by atoms with Gasteiger partial charge >= 0.3 is 0 Å². The van der Waals surface area contributed by atoms with Gasteiger partial charge in [0.1, 0.15) is 12.4 Å². The van der Waals surface area contributed by atoms with Crippen molar-refractivity contribution in [2.24, 2.45) is 4.99 Å². The maximum atomic E-state index is 5.54. The van der Waals surface area contributed by atoms with Gasteiger partial charge in [-0.05, 0) is 31.0 Å². The quantitative estimate of drug-likeness (QED) is 0.369. The van der Waals surface area contributed by atoms with Crippen molar-refractivity contribution in [3.8, 4) is 5.75 Å². The molecule has 0 aliphatic rings. The number of benzene rings is 1. The molecule has 0 amide bonds. The zero-order chi connectivity index (χ0) is 16.8. The van der Waals surface area contributed by atoms with Crippen LogP contribution in [0.15, 0.2) is 29.3 Å². The molecule has 0 aliphatic carbocycles. The smallest absolute Gasteiger partial charge is 0.191 e. The average Bonchev–Trinajstić information content (AvgIpc) is 2.58. The zero-order valence-electron chi connectivity index (χ0n) is 14.4. The van der Waals surface area contributed by atoms with Crippen LogP contribution in [-0.4, -0.2) is 53.1 Å². The third-order valence-electron chi connectivity index (χ3n) is 3.06. The van der Waals surface area contributed by atoms with Gasteiger partial charge < -0.3 is 24.8 Å². The summed E-state index contributed by atoms with van der Waals surface area (Å²) in [5, 5.41) is 6.53. The van der Waals surface area contributed by atoms with Crippen molar-refractivity contribution in [3.05, 3.63) is 29.8 Å². The van der Waals surface area contributed by atoms with Crippen molar-refractivity contribution in [1.82, 2.24) is 10.6 Å². The number of hydrogen-bond acceptors (Lipinski definition) is 4. The molecule has 2 N–H and O–H groups in total. The van der Waals surface area contributed by atoms with E-state index in [1.165, 1.54) is 0 Å². The third kappa shape index (κ3) is 9.05. The van der Waals surface area contributed by atoms with Crippen LogP contribution < -0.4 is 15.4 Å². The number of ether oxygens (including phenoxy) is 3. The van der Waals surface area contributed by atoms with Crippen LogP contribution in [0.1, 0.15) is 18.9 Å². The minimum atomic E-state index is 0.559. The molecular formula is C17H29N3O3. The van der Waals surface area contributed by atoms with E-state index in [2.05, 4.69) is 22.5 Å². The first-order valence-electron chi connectivity index (χ1n) is 8.02. The molecule has 0 radical (unpaired) electrons. The molecule has 130 valence electrons. The zero-order valence-corrected chi connectivity index (χ0v) is 14.4. The van der Waals surface area contributed by atoms with E-state index >= 15 is 0 Å². The summed E-state index contributed by atoms with van der Waals surface area (Å²) in [7, 11) is 3.37. The highest BCUT2D eigenvalue weighted by Crippen LogP contribution is 2.12. The molecular weight excluding hydrogens is 294 g/mol. The SMILES string of the molecule is CCNC(=NCc1ccc(OCCOC)cc1)NCCCOC. The Kier molecular flexibility index (Phi) is 10.7. The summed E-state index contributed by atoms with van der Waals surface area (Å²) in [6.07, 6.45) is 0.953. The van der Waals surface area contributed by atoms with Gasteiger partial charge in [-0.25, -0.2) is 4.99 Å². The fourth-order valence-electron chi connectivity index (χ4n) is 1.87. The Balaban J connectivity index is 2.44. The number of nitrogens with one attached hydrogen (secondary N) is 2. The monoisotopic (exact) mass is 323 g/mol. The van der Waals surface area contributed by atoms with E-state index in [0.29, 0.717) is 19.8 Å². The molecule has 1 rings (SSSR count). The van der Waals surface area contributed by atoms with Crippen LogP contribution in [0, 0.1) is 0 Å². The number of methoxy groups -OCH3 is 2. The van der Waals surface area contributed by atoms with Gasteiger partial charge in [-0.1, -0.05) is 12.1 Å². The van der Waals surface area contributed by atoms with Crippen LogP contribution in [0.25, 0.3) is 0 Å². The lowest BCUT2D eigenvalue weighted by atomic mass is 10.2. The van der Waals surface area contributed by atoms with Crippen LogP contribution in [0.5, 0.6) is 5.75 Å². The molecule has 0 aromatic heterocycles. The predicted octanol–water partition coefficient (Wildman–Crippen LogP) is 1.80. The predicted molar refractivity (Wildman–Crippen MR) is 93.1 cm³/mol. The molecule has 6 heteroatoms. The van der Waals surface area contributed by atoms with E-state index < -0.39 is 0 Å². The lowest BCUT2D eigenvalue weighted by Gasteiger charge is -2.11. The molecule has 6 nitrogen and oxygen atoms in total. The van der Waals surface area contributed by atoms with Crippen molar-refractivity contribution >= 4 is 5.96 Å². The number of aliphatic imine (C=N–C) groups is 1. The van der Waals surface area contributed by atoms with Crippen LogP contribution in [-0.2, 0) is 16.0 Å². The molecule has 0 heterocycles. The van der Waals surface area contributed by atoms with Crippen molar-refractivity contribution in [1.29, 1.82) is 0 Å². The van der Waals surface area contributed by atoms with Crippen LogP contribution >= 0.6 is 0 Å². The maximum absolute atomic E-state index is 5.54. The Morgan fingerprint density at radius 3 is 2.39 bits per heavy atom.